The van der Waals surface area contributed by atoms with E-state index in [1.807, 2.05) is 52.6 Å². The molecule has 0 spiro atoms. The summed E-state index contributed by atoms with van der Waals surface area (Å²) in [6.07, 6.45) is 6.60. The molecule has 1 saturated heterocycles. The van der Waals surface area contributed by atoms with Gasteiger partial charge in [-0.3, -0.25) is 9.69 Å². The van der Waals surface area contributed by atoms with Crippen LogP contribution in [0.5, 0.6) is 0 Å². The van der Waals surface area contributed by atoms with Crippen molar-refractivity contribution in [3.05, 3.63) is 58.2 Å². The number of aromatic nitrogens is 2. The van der Waals surface area contributed by atoms with Gasteiger partial charge in [0.05, 0.1) is 5.39 Å². The highest BCUT2D eigenvalue weighted by Gasteiger charge is 2.28. The van der Waals surface area contributed by atoms with Crippen molar-refractivity contribution in [2.75, 3.05) is 44.2 Å². The van der Waals surface area contributed by atoms with Crippen molar-refractivity contribution in [2.45, 2.75) is 39.7 Å². The van der Waals surface area contributed by atoms with E-state index in [-0.39, 0.29) is 5.91 Å². The fourth-order valence-corrected chi connectivity index (χ4v) is 6.16. The summed E-state index contributed by atoms with van der Waals surface area (Å²) < 4.78 is 0. The van der Waals surface area contributed by atoms with Crippen molar-refractivity contribution in [1.29, 1.82) is 0 Å². The molecule has 0 radical (unpaired) electrons. The second kappa shape index (κ2) is 10.2. The molecule has 2 aliphatic heterocycles. The largest absolute Gasteiger partial charge is 0.352 e. The highest BCUT2D eigenvalue weighted by atomic mass is 32.1. The molecular weight excluding hydrogens is 442 g/mol. The smallest absolute Gasteiger partial charge is 0.246 e. The Labute approximate surface area is 205 Å². The summed E-state index contributed by atoms with van der Waals surface area (Å²) in [4.78, 5) is 32.2. The summed E-state index contributed by atoms with van der Waals surface area (Å²) in [5.41, 5.74) is 2.50. The number of rotatable bonds is 6. The lowest BCUT2D eigenvalue weighted by atomic mass is 10.0. The van der Waals surface area contributed by atoms with Crippen molar-refractivity contribution in [2.24, 2.45) is 0 Å². The van der Waals surface area contributed by atoms with Crippen LogP contribution >= 0.6 is 11.3 Å². The van der Waals surface area contributed by atoms with Crippen LogP contribution in [0.25, 0.3) is 16.3 Å². The lowest BCUT2D eigenvalue weighted by molar-refractivity contribution is -0.126. The lowest BCUT2D eigenvalue weighted by Gasteiger charge is -2.35. The third kappa shape index (κ3) is 4.72. The standard InChI is InChI=1S/C27H33N5OS/c1-3-8-23-28-26(25-21-13-14-30(4-2)19-22(21)34-27(25)29-23)32-17-15-31(16-18-32)24(33)12-11-20-9-6-5-7-10-20/h5-7,9-12H,3-4,8,13-19H2,1-2H3/b12-11+. The van der Waals surface area contributed by atoms with Crippen molar-refractivity contribution in [3.8, 4) is 0 Å². The Bertz CT molecular complexity index is 1180. The third-order valence-corrected chi connectivity index (χ3v) is 7.95. The number of carbonyl (C=O) groups is 1. The molecule has 4 heterocycles. The van der Waals surface area contributed by atoms with Gasteiger partial charge in [0.25, 0.3) is 0 Å². The first-order valence-corrected chi connectivity index (χ1v) is 13.3. The lowest BCUT2D eigenvalue weighted by Crippen LogP contribution is -2.48. The summed E-state index contributed by atoms with van der Waals surface area (Å²) in [5.74, 6) is 2.11. The number of fused-ring (bicyclic) bond motifs is 3. The molecule has 0 saturated carbocycles. The minimum atomic E-state index is 0.0792. The van der Waals surface area contributed by atoms with Crippen molar-refractivity contribution in [1.82, 2.24) is 19.8 Å². The molecule has 7 heteroatoms. The third-order valence-electron chi connectivity index (χ3n) is 6.84. The maximum atomic E-state index is 12.8. The first-order valence-electron chi connectivity index (χ1n) is 12.5. The van der Waals surface area contributed by atoms with Gasteiger partial charge in [-0.2, -0.15) is 0 Å². The van der Waals surface area contributed by atoms with Crippen molar-refractivity contribution in [3.63, 3.8) is 0 Å². The molecule has 1 amide bonds. The molecule has 2 aromatic heterocycles. The Hall–Kier alpha value is -2.77. The van der Waals surface area contributed by atoms with E-state index in [2.05, 4.69) is 23.6 Å². The topological polar surface area (TPSA) is 52.6 Å². The van der Waals surface area contributed by atoms with Crippen LogP contribution in [0, 0.1) is 0 Å². The zero-order chi connectivity index (χ0) is 23.5. The van der Waals surface area contributed by atoms with E-state index in [1.54, 1.807) is 6.08 Å². The van der Waals surface area contributed by atoms with Crippen molar-refractivity contribution >= 4 is 39.4 Å². The van der Waals surface area contributed by atoms with Gasteiger partial charge in [-0.05, 0) is 36.6 Å². The van der Waals surface area contributed by atoms with Crippen LogP contribution < -0.4 is 4.90 Å². The first kappa shape index (κ1) is 23.0. The van der Waals surface area contributed by atoms with Crippen LogP contribution in [0.15, 0.2) is 36.4 Å². The second-order valence-corrected chi connectivity index (χ2v) is 10.2. The van der Waals surface area contributed by atoms with Gasteiger partial charge in [0.15, 0.2) is 0 Å². The molecule has 3 aromatic rings. The molecule has 178 valence electrons. The quantitative estimate of drug-likeness (QED) is 0.495. The van der Waals surface area contributed by atoms with E-state index in [0.29, 0.717) is 13.1 Å². The van der Waals surface area contributed by atoms with Gasteiger partial charge < -0.3 is 9.80 Å². The maximum Gasteiger partial charge on any atom is 0.246 e. The molecule has 0 aliphatic carbocycles. The molecule has 0 bridgehead atoms. The molecule has 2 aliphatic rings. The molecule has 0 atom stereocenters. The summed E-state index contributed by atoms with van der Waals surface area (Å²) in [7, 11) is 0. The number of piperazine rings is 1. The van der Waals surface area contributed by atoms with Gasteiger partial charge in [-0.1, -0.05) is 44.2 Å². The monoisotopic (exact) mass is 475 g/mol. The Morgan fingerprint density at radius 1 is 1.06 bits per heavy atom. The number of nitrogens with zero attached hydrogens (tertiary/aromatic N) is 5. The molecule has 1 aromatic carbocycles. The molecule has 5 rings (SSSR count). The van der Waals surface area contributed by atoms with Crippen LogP contribution in [-0.4, -0.2) is 64.9 Å². The van der Waals surface area contributed by atoms with Crippen molar-refractivity contribution < 1.29 is 4.79 Å². The summed E-state index contributed by atoms with van der Waals surface area (Å²) in [6.45, 7) is 10.6. The maximum absolute atomic E-state index is 12.8. The minimum absolute atomic E-state index is 0.0792. The van der Waals surface area contributed by atoms with Crippen LogP contribution in [0.2, 0.25) is 0 Å². The Balaban J connectivity index is 1.36. The van der Waals surface area contributed by atoms with Gasteiger partial charge in [0.1, 0.15) is 16.5 Å². The van der Waals surface area contributed by atoms with E-state index in [1.165, 1.54) is 15.8 Å². The summed E-state index contributed by atoms with van der Waals surface area (Å²) in [5, 5.41) is 1.26. The van der Waals surface area contributed by atoms with E-state index in [4.69, 9.17) is 9.97 Å². The average molecular weight is 476 g/mol. The van der Waals surface area contributed by atoms with Gasteiger partial charge in [0, 0.05) is 56.6 Å². The number of amides is 1. The average Bonchev–Trinajstić information content (AvgIpc) is 3.25. The number of anilines is 1. The SMILES string of the molecule is CCCc1nc(N2CCN(C(=O)/C=C/c3ccccc3)CC2)c2c3c(sc2n1)CN(CC)CC3. The number of aryl methyl sites for hydroxylation is 1. The van der Waals surface area contributed by atoms with E-state index < -0.39 is 0 Å². The highest BCUT2D eigenvalue weighted by Crippen LogP contribution is 2.39. The predicted octanol–water partition coefficient (Wildman–Crippen LogP) is 4.38. The number of benzene rings is 1. The molecule has 34 heavy (non-hydrogen) atoms. The number of hydrogen-bond donors (Lipinski definition) is 0. The first-order chi connectivity index (χ1) is 16.7. The molecule has 0 N–H and O–H groups in total. The number of hydrogen-bond acceptors (Lipinski definition) is 6. The Morgan fingerprint density at radius 3 is 2.59 bits per heavy atom. The summed E-state index contributed by atoms with van der Waals surface area (Å²) >= 11 is 1.85. The molecule has 6 nitrogen and oxygen atoms in total. The van der Waals surface area contributed by atoms with Gasteiger partial charge in [0.2, 0.25) is 5.91 Å². The van der Waals surface area contributed by atoms with Gasteiger partial charge in [-0.15, -0.1) is 11.3 Å². The van der Waals surface area contributed by atoms with Gasteiger partial charge in [-0.25, -0.2) is 9.97 Å². The molecular formula is C27H33N5OS. The Morgan fingerprint density at radius 2 is 1.85 bits per heavy atom. The second-order valence-electron chi connectivity index (χ2n) is 9.07. The molecule has 0 unspecified atom stereocenters. The van der Waals surface area contributed by atoms with Crippen LogP contribution in [0.3, 0.4) is 0 Å². The van der Waals surface area contributed by atoms with E-state index in [0.717, 1.165) is 74.0 Å². The van der Waals surface area contributed by atoms with E-state index in [9.17, 15) is 4.79 Å². The van der Waals surface area contributed by atoms with Crippen LogP contribution in [0.4, 0.5) is 5.82 Å². The van der Waals surface area contributed by atoms with Crippen LogP contribution in [0.1, 0.15) is 42.1 Å². The fourth-order valence-electron chi connectivity index (χ4n) is 4.88. The predicted molar refractivity (Wildman–Crippen MR) is 140 cm³/mol. The number of carbonyl (C=O) groups excluding carboxylic acids is 1. The van der Waals surface area contributed by atoms with E-state index >= 15 is 0 Å². The zero-order valence-corrected chi connectivity index (χ0v) is 21.0. The zero-order valence-electron chi connectivity index (χ0n) is 20.2. The summed E-state index contributed by atoms with van der Waals surface area (Å²) in [6, 6.07) is 9.98. The minimum Gasteiger partial charge on any atom is -0.352 e. The van der Waals surface area contributed by atoms with Gasteiger partial charge >= 0.3 is 0 Å². The normalized spacial score (nSPS) is 17.0. The fraction of sp³-hybridized carbons (Fsp3) is 0.444. The Kier molecular flexibility index (Phi) is 6.92. The highest BCUT2D eigenvalue weighted by molar-refractivity contribution is 7.19. The molecule has 1 fully saturated rings. The number of thiophene rings is 1. The van der Waals surface area contributed by atoms with Crippen LogP contribution in [-0.2, 0) is 24.2 Å². The number of likely N-dealkylation sites (N-methyl/N-ethyl adjacent to an activating group) is 1.